The predicted octanol–water partition coefficient (Wildman–Crippen LogP) is 2.40. The number of nitrogens with zero attached hydrogens (tertiary/aromatic N) is 1. The van der Waals surface area contributed by atoms with Gasteiger partial charge in [0.15, 0.2) is 5.96 Å². The molecule has 3 unspecified atom stereocenters. The zero-order valence-corrected chi connectivity index (χ0v) is 16.7. The lowest BCUT2D eigenvalue weighted by atomic mass is 9.57. The summed E-state index contributed by atoms with van der Waals surface area (Å²) in [6.45, 7) is 12.8. The van der Waals surface area contributed by atoms with Crippen molar-refractivity contribution < 1.29 is 9.47 Å². The molecule has 1 saturated carbocycles. The molecule has 0 amide bonds. The van der Waals surface area contributed by atoms with Gasteiger partial charge in [-0.3, -0.25) is 4.99 Å². The Hall–Kier alpha value is -0.0800. The Labute approximate surface area is 152 Å². The molecule has 3 atom stereocenters. The fourth-order valence-electron chi connectivity index (χ4n) is 3.59. The lowest BCUT2D eigenvalue weighted by Crippen LogP contribution is -2.67. The molecule has 1 saturated heterocycles. The van der Waals surface area contributed by atoms with Gasteiger partial charge in [-0.1, -0.05) is 13.8 Å². The van der Waals surface area contributed by atoms with Crippen molar-refractivity contribution >= 4 is 29.9 Å². The molecular weight excluding hydrogens is 393 g/mol. The summed E-state index contributed by atoms with van der Waals surface area (Å²) in [6.07, 6.45) is 2.54. The molecule has 6 heteroatoms. The van der Waals surface area contributed by atoms with Gasteiger partial charge in [0.25, 0.3) is 0 Å². The molecule has 1 aliphatic heterocycles. The highest BCUT2D eigenvalue weighted by atomic mass is 127. The summed E-state index contributed by atoms with van der Waals surface area (Å²) in [6, 6.07) is 0.453. The Kier molecular flexibility index (Phi) is 8.42. The molecule has 0 radical (unpaired) electrons. The van der Waals surface area contributed by atoms with Crippen LogP contribution in [0, 0.1) is 11.3 Å². The summed E-state index contributed by atoms with van der Waals surface area (Å²) in [7, 11) is 0. The van der Waals surface area contributed by atoms with E-state index in [1.165, 1.54) is 0 Å². The van der Waals surface area contributed by atoms with E-state index in [0.29, 0.717) is 18.1 Å². The van der Waals surface area contributed by atoms with Crippen molar-refractivity contribution in [3.8, 4) is 0 Å². The topological polar surface area (TPSA) is 54.9 Å². The highest BCUT2D eigenvalue weighted by Gasteiger charge is 2.59. The molecule has 0 spiro atoms. The van der Waals surface area contributed by atoms with Crippen LogP contribution < -0.4 is 10.6 Å². The number of aliphatic imine (C=N–C) groups is 1. The van der Waals surface area contributed by atoms with Gasteiger partial charge in [0.2, 0.25) is 0 Å². The van der Waals surface area contributed by atoms with Crippen LogP contribution in [0.4, 0.5) is 0 Å². The third-order valence-corrected chi connectivity index (χ3v) is 4.66. The van der Waals surface area contributed by atoms with E-state index in [0.717, 1.165) is 51.7 Å². The molecular formula is C16H32IN3O2. The third-order valence-electron chi connectivity index (χ3n) is 4.66. The standard InChI is InChI=1S/C16H31N3O2.HI/c1-5-17-15(18-9-7-10-20-6-2)19-13-12-8-11-21-14(12)16(13,3)4;/h12-14H,5-11H2,1-4H3,(H2,17,18,19);1H. The van der Waals surface area contributed by atoms with E-state index in [2.05, 4.69) is 36.4 Å². The van der Waals surface area contributed by atoms with Gasteiger partial charge in [0, 0.05) is 50.3 Å². The molecule has 0 bridgehead atoms. The Morgan fingerprint density at radius 2 is 2.14 bits per heavy atom. The summed E-state index contributed by atoms with van der Waals surface area (Å²) < 4.78 is 11.2. The number of guanidine groups is 1. The van der Waals surface area contributed by atoms with Crippen LogP contribution in [0.1, 0.15) is 40.5 Å². The number of fused-ring (bicyclic) bond motifs is 1. The molecule has 0 aromatic carbocycles. The van der Waals surface area contributed by atoms with Gasteiger partial charge in [0.1, 0.15) is 0 Å². The first kappa shape index (κ1) is 20.0. The second kappa shape index (κ2) is 9.27. The molecule has 22 heavy (non-hydrogen) atoms. The van der Waals surface area contributed by atoms with Crippen molar-refractivity contribution in [1.82, 2.24) is 10.6 Å². The Morgan fingerprint density at radius 1 is 1.36 bits per heavy atom. The average Bonchev–Trinajstić information content (AvgIpc) is 2.91. The largest absolute Gasteiger partial charge is 0.382 e. The molecule has 1 aliphatic carbocycles. The highest BCUT2D eigenvalue weighted by Crippen LogP contribution is 2.52. The van der Waals surface area contributed by atoms with Crippen molar-refractivity contribution in [2.45, 2.75) is 52.7 Å². The first-order valence-corrected chi connectivity index (χ1v) is 8.35. The summed E-state index contributed by atoms with van der Waals surface area (Å²) in [4.78, 5) is 4.66. The molecule has 0 aromatic rings. The monoisotopic (exact) mass is 425 g/mol. The normalized spacial score (nSPS) is 29.3. The fourth-order valence-corrected chi connectivity index (χ4v) is 3.59. The molecule has 2 rings (SSSR count). The van der Waals surface area contributed by atoms with Gasteiger partial charge in [-0.25, -0.2) is 0 Å². The van der Waals surface area contributed by atoms with Gasteiger partial charge in [-0.05, 0) is 26.7 Å². The van der Waals surface area contributed by atoms with E-state index in [4.69, 9.17) is 9.47 Å². The van der Waals surface area contributed by atoms with Crippen LogP contribution in [0.2, 0.25) is 0 Å². The van der Waals surface area contributed by atoms with Crippen molar-refractivity contribution in [1.29, 1.82) is 0 Å². The van der Waals surface area contributed by atoms with Crippen LogP contribution >= 0.6 is 24.0 Å². The van der Waals surface area contributed by atoms with E-state index >= 15 is 0 Å². The zero-order chi connectivity index (χ0) is 15.3. The van der Waals surface area contributed by atoms with E-state index < -0.39 is 0 Å². The van der Waals surface area contributed by atoms with Crippen LogP contribution in [-0.2, 0) is 9.47 Å². The van der Waals surface area contributed by atoms with Gasteiger partial charge in [-0.2, -0.15) is 0 Å². The molecule has 2 N–H and O–H groups in total. The van der Waals surface area contributed by atoms with Crippen molar-refractivity contribution in [2.24, 2.45) is 16.3 Å². The maximum Gasteiger partial charge on any atom is 0.191 e. The molecule has 2 aliphatic rings. The number of hydrogen-bond donors (Lipinski definition) is 2. The van der Waals surface area contributed by atoms with E-state index in [9.17, 15) is 0 Å². The van der Waals surface area contributed by atoms with Gasteiger partial charge >= 0.3 is 0 Å². The predicted molar refractivity (Wildman–Crippen MR) is 101 cm³/mol. The first-order valence-electron chi connectivity index (χ1n) is 8.35. The Morgan fingerprint density at radius 3 is 2.82 bits per heavy atom. The van der Waals surface area contributed by atoms with Gasteiger partial charge in [-0.15, -0.1) is 24.0 Å². The SMILES string of the molecule is CCNC(=NCCCOCC)NC1C2CCOC2C1(C)C.I. The number of nitrogens with one attached hydrogen (secondary N) is 2. The average molecular weight is 425 g/mol. The van der Waals surface area contributed by atoms with Crippen molar-refractivity contribution in [3.63, 3.8) is 0 Å². The summed E-state index contributed by atoms with van der Waals surface area (Å²) in [5.74, 6) is 1.56. The number of hydrogen-bond acceptors (Lipinski definition) is 3. The van der Waals surface area contributed by atoms with Gasteiger partial charge in [0.05, 0.1) is 6.10 Å². The maximum absolute atomic E-state index is 5.85. The molecule has 1 heterocycles. The second-order valence-corrected chi connectivity index (χ2v) is 6.50. The minimum atomic E-state index is 0. The third kappa shape index (κ3) is 4.47. The van der Waals surface area contributed by atoms with Crippen LogP contribution in [0.15, 0.2) is 4.99 Å². The fraction of sp³-hybridized carbons (Fsp3) is 0.938. The van der Waals surface area contributed by atoms with Crippen molar-refractivity contribution in [2.75, 3.05) is 32.9 Å². The van der Waals surface area contributed by atoms with Gasteiger partial charge < -0.3 is 20.1 Å². The van der Waals surface area contributed by atoms with Crippen LogP contribution in [-0.4, -0.2) is 51.0 Å². The molecule has 5 nitrogen and oxygen atoms in total. The smallest absolute Gasteiger partial charge is 0.191 e. The van der Waals surface area contributed by atoms with Crippen LogP contribution in [0.25, 0.3) is 0 Å². The molecule has 2 fully saturated rings. The second-order valence-electron chi connectivity index (χ2n) is 6.50. The minimum absolute atomic E-state index is 0. The zero-order valence-electron chi connectivity index (χ0n) is 14.4. The van der Waals surface area contributed by atoms with E-state index in [1.807, 2.05) is 6.92 Å². The lowest BCUT2D eigenvalue weighted by Gasteiger charge is -2.54. The van der Waals surface area contributed by atoms with Crippen molar-refractivity contribution in [3.05, 3.63) is 0 Å². The summed E-state index contributed by atoms with van der Waals surface area (Å²) >= 11 is 0. The van der Waals surface area contributed by atoms with Crippen LogP contribution in [0.5, 0.6) is 0 Å². The van der Waals surface area contributed by atoms with E-state index in [-0.39, 0.29) is 29.4 Å². The minimum Gasteiger partial charge on any atom is -0.382 e. The molecule has 130 valence electrons. The number of halogens is 1. The number of ether oxygens (including phenoxy) is 2. The lowest BCUT2D eigenvalue weighted by molar-refractivity contribution is -0.106. The number of rotatable bonds is 7. The Balaban J connectivity index is 0.00000242. The first-order chi connectivity index (χ1) is 10.1. The Bertz CT molecular complexity index is 363. The summed E-state index contributed by atoms with van der Waals surface area (Å²) in [5, 5.41) is 6.97. The highest BCUT2D eigenvalue weighted by molar-refractivity contribution is 14.0. The quantitative estimate of drug-likeness (QED) is 0.285. The maximum atomic E-state index is 5.85. The van der Waals surface area contributed by atoms with Crippen LogP contribution in [0.3, 0.4) is 0 Å². The van der Waals surface area contributed by atoms with E-state index in [1.54, 1.807) is 0 Å². The molecule has 0 aromatic heterocycles. The summed E-state index contributed by atoms with van der Waals surface area (Å²) in [5.41, 5.74) is 0.183.